The Morgan fingerprint density at radius 1 is 1.05 bits per heavy atom. The van der Waals surface area contributed by atoms with Gasteiger partial charge < -0.3 is 24.8 Å². The molecule has 0 spiro atoms. The van der Waals surface area contributed by atoms with E-state index in [1.54, 1.807) is 6.07 Å². The Balaban J connectivity index is 1.21. The van der Waals surface area contributed by atoms with Crippen LogP contribution in [0.3, 0.4) is 0 Å². The van der Waals surface area contributed by atoms with Gasteiger partial charge in [-0.05, 0) is 85.3 Å². The van der Waals surface area contributed by atoms with Crippen molar-refractivity contribution in [2.24, 2.45) is 0 Å². The highest BCUT2D eigenvalue weighted by atomic mass is 28.3. The van der Waals surface area contributed by atoms with E-state index in [0.29, 0.717) is 55.7 Å². The number of fused-ring (bicyclic) bond motifs is 5. The van der Waals surface area contributed by atoms with Gasteiger partial charge in [-0.3, -0.25) is 9.88 Å². The van der Waals surface area contributed by atoms with E-state index in [4.69, 9.17) is 14.5 Å². The summed E-state index contributed by atoms with van der Waals surface area (Å²) in [5, 5.41) is 15.9. The number of rotatable bonds is 11. The average Bonchev–Trinajstić information content (AvgIpc) is 3.75. The van der Waals surface area contributed by atoms with Crippen LogP contribution in [0.5, 0.6) is 11.8 Å². The molecule has 2 bridgehead atoms. The van der Waals surface area contributed by atoms with E-state index in [1.165, 1.54) is 24.4 Å². The summed E-state index contributed by atoms with van der Waals surface area (Å²) in [7, 11) is -2.34. The number of benzene rings is 2. The largest absolute Gasteiger partial charge is 0.508 e. The number of aromatic nitrogens is 3. The second-order valence-electron chi connectivity index (χ2n) is 18.8. The van der Waals surface area contributed by atoms with Crippen LogP contribution in [0.15, 0.2) is 30.5 Å². The predicted molar refractivity (Wildman–Crippen MR) is 228 cm³/mol. The van der Waals surface area contributed by atoms with Gasteiger partial charge >= 0.3 is 6.01 Å². The molecule has 9 rings (SSSR count). The summed E-state index contributed by atoms with van der Waals surface area (Å²) in [6.07, 6.45) is 5.49. The van der Waals surface area contributed by atoms with Crippen LogP contribution in [0.4, 0.5) is 19.0 Å². The minimum Gasteiger partial charge on any atom is -0.508 e. The van der Waals surface area contributed by atoms with Crippen molar-refractivity contribution in [3.05, 3.63) is 47.7 Å². The van der Waals surface area contributed by atoms with Crippen molar-refractivity contribution in [2.75, 3.05) is 44.2 Å². The first-order valence-electron chi connectivity index (χ1n) is 22.5. The van der Waals surface area contributed by atoms with E-state index >= 15 is 8.78 Å². The molecule has 59 heavy (non-hydrogen) atoms. The van der Waals surface area contributed by atoms with Crippen LogP contribution in [0.25, 0.3) is 32.9 Å². The number of aromatic hydroxyl groups is 1. The van der Waals surface area contributed by atoms with Gasteiger partial charge in [0.25, 0.3) is 0 Å². The molecular formula is C46H57F3N6O3Si. The molecule has 0 amide bonds. The molecule has 0 unspecified atom stereocenters. The number of phenols is 1. The highest BCUT2D eigenvalue weighted by molar-refractivity contribution is 6.90. The predicted octanol–water partition coefficient (Wildman–Crippen LogP) is 8.84. The monoisotopic (exact) mass is 828 g/mol. The third-order valence-electron chi connectivity index (χ3n) is 14.0. The van der Waals surface area contributed by atoms with Crippen LogP contribution in [0.2, 0.25) is 16.6 Å². The van der Waals surface area contributed by atoms with Crippen LogP contribution in [-0.4, -0.2) is 102 Å². The number of piperazine rings is 1. The van der Waals surface area contributed by atoms with Crippen LogP contribution in [-0.2, 0) is 4.74 Å². The first-order chi connectivity index (χ1) is 29.0. The number of hydrogen-bond acceptors (Lipinski definition) is 9. The Morgan fingerprint density at radius 2 is 1.83 bits per heavy atom. The molecule has 4 atom stereocenters. The number of nitrogens with one attached hydrogen (secondary N) is 1. The maximum absolute atomic E-state index is 17.7. The van der Waals surface area contributed by atoms with Crippen LogP contribution >= 0.6 is 0 Å². The molecule has 4 aromatic rings. The quantitative estimate of drug-likeness (QED) is 0.114. The molecule has 0 radical (unpaired) electrons. The maximum Gasteiger partial charge on any atom is 0.319 e. The van der Waals surface area contributed by atoms with Crippen LogP contribution < -0.4 is 15.0 Å². The van der Waals surface area contributed by atoms with Gasteiger partial charge in [-0.1, -0.05) is 53.5 Å². The Labute approximate surface area is 349 Å². The molecule has 5 aliphatic rings. The summed E-state index contributed by atoms with van der Waals surface area (Å²) in [5.74, 6) is 2.01. The van der Waals surface area contributed by atoms with Crippen molar-refractivity contribution in [2.45, 2.75) is 133 Å². The first-order valence-corrected chi connectivity index (χ1v) is 23.8. The zero-order chi connectivity index (χ0) is 43.2. The Kier molecular flexibility index (Phi) is 9.78. The fraction of sp³-hybridized carbons (Fsp3) is 0.587. The van der Waals surface area contributed by atoms with Gasteiger partial charge in [0.1, 0.15) is 49.4 Å². The van der Waals surface area contributed by atoms with E-state index in [-0.39, 0.29) is 86.8 Å². The summed E-state index contributed by atoms with van der Waals surface area (Å²) in [5.41, 5.74) is 2.76. The van der Waals surface area contributed by atoms with Gasteiger partial charge in [0.15, 0.2) is 5.82 Å². The molecule has 2 N–H and O–H groups in total. The summed E-state index contributed by atoms with van der Waals surface area (Å²) in [6, 6.07) is 5.48. The van der Waals surface area contributed by atoms with Gasteiger partial charge in [-0.25, -0.2) is 13.2 Å². The minimum atomic E-state index is -2.42. The molecule has 2 aromatic heterocycles. The zero-order valence-electron chi connectivity index (χ0n) is 37.0. The number of hydrogen-bond donors (Lipinski definition) is 2. The topological polar surface area (TPSA) is 95.9 Å². The normalized spacial score (nSPS) is 26.5. The highest BCUT2D eigenvalue weighted by Gasteiger charge is 2.50. The van der Waals surface area contributed by atoms with Gasteiger partial charge in [-0.15, -0.1) is 5.54 Å². The number of nitrogens with zero attached hydrogens (tertiary/aromatic N) is 5. The van der Waals surface area contributed by atoms with Gasteiger partial charge in [0.2, 0.25) is 0 Å². The van der Waals surface area contributed by atoms with Crippen molar-refractivity contribution in [3.8, 4) is 34.5 Å². The average molecular weight is 829 g/mol. The van der Waals surface area contributed by atoms with Crippen LogP contribution in [0.1, 0.15) is 94.8 Å². The molecule has 1 aliphatic carbocycles. The number of anilines is 1. The van der Waals surface area contributed by atoms with Crippen molar-refractivity contribution in [1.82, 2.24) is 25.2 Å². The number of ether oxygens (including phenoxy) is 2. The molecule has 6 heterocycles. The van der Waals surface area contributed by atoms with E-state index in [9.17, 15) is 12.2 Å². The zero-order valence-corrected chi connectivity index (χ0v) is 36.0. The lowest BCUT2D eigenvalue weighted by Gasteiger charge is -2.42. The van der Waals surface area contributed by atoms with Crippen molar-refractivity contribution >= 4 is 35.6 Å². The molecule has 1 saturated carbocycles. The summed E-state index contributed by atoms with van der Waals surface area (Å²) < 4.78 is 79.8. The van der Waals surface area contributed by atoms with Crippen LogP contribution in [0, 0.1) is 23.1 Å². The molecule has 2 aromatic carbocycles. The first kappa shape index (κ1) is 38.0. The Bertz CT molecular complexity index is 2420. The Morgan fingerprint density at radius 3 is 2.58 bits per heavy atom. The lowest BCUT2D eigenvalue weighted by molar-refractivity contribution is 0.0606. The molecule has 4 aliphatic heterocycles. The fourth-order valence-corrected chi connectivity index (χ4v) is 16.3. The fourth-order valence-electron chi connectivity index (χ4n) is 11.1. The third kappa shape index (κ3) is 7.15. The number of alkyl halides is 1. The van der Waals surface area contributed by atoms with E-state index < -0.39 is 38.0 Å². The van der Waals surface area contributed by atoms with E-state index in [2.05, 4.69) is 73.2 Å². The SMILES string of the molecule is [2H]C([2H])(Oc1nc(N2C[C@@H]3CC[C@](COC4CC4)(C2)N3)c2cnc(-c3cc(O)cc4ccc(F)c(C#C[Si](C(C)C)(C(C)C)C(C)C)c34)c(F)c2n1)[C@@]12CCCN1C[C@H](F)C2. The van der Waals surface area contributed by atoms with Crippen molar-refractivity contribution < 1.29 is 30.5 Å². The van der Waals surface area contributed by atoms with Gasteiger partial charge in [0, 0.05) is 49.2 Å². The maximum atomic E-state index is 17.7. The molecule has 5 fully saturated rings. The second kappa shape index (κ2) is 15.2. The standard InChI is InChI=1S/C46H57F3N6O3Si/c1-27(2)59(28(3)4,29(5)6)17-13-35-38(48)11-8-30-18-33(56)19-36(39(30)35)41-40(49)42-37(21-50-41)43(54-23-32-12-15-45(24-54,53-32)25-57-34-9-10-34)52-44(51-42)58-26-46-14-7-16-55(46)22-31(47)20-46/h8,11,18-19,21,27-29,31-32,34,53,56H,7,9-10,12,14-16,20,22-26H2,1-6H3/t31-,32+,45-,46+/m1/s1/i26D2. The smallest absolute Gasteiger partial charge is 0.319 e. The third-order valence-corrected chi connectivity index (χ3v) is 20.3. The lowest BCUT2D eigenvalue weighted by atomic mass is 9.95. The Hall–Kier alpha value is -3.96. The lowest BCUT2D eigenvalue weighted by Crippen LogP contribution is -2.62. The molecule has 9 nitrogen and oxygen atoms in total. The summed E-state index contributed by atoms with van der Waals surface area (Å²) in [6.45, 7) is 12.9. The van der Waals surface area contributed by atoms with E-state index in [0.717, 1.165) is 25.7 Å². The molecule has 314 valence electrons. The van der Waals surface area contributed by atoms with Crippen molar-refractivity contribution in [3.63, 3.8) is 0 Å². The second-order valence-corrected chi connectivity index (χ2v) is 24.4. The molecular weight excluding hydrogens is 770 g/mol. The van der Waals surface area contributed by atoms with E-state index in [1.807, 2.05) is 4.90 Å². The molecule has 4 saturated heterocycles. The minimum absolute atomic E-state index is 0.0344. The molecule has 13 heteroatoms. The number of pyridine rings is 1. The summed E-state index contributed by atoms with van der Waals surface area (Å²) >= 11 is 0. The van der Waals surface area contributed by atoms with Gasteiger partial charge in [-0.2, -0.15) is 9.97 Å². The van der Waals surface area contributed by atoms with Gasteiger partial charge in [0.05, 0.1) is 37.5 Å². The highest BCUT2D eigenvalue weighted by Crippen LogP contribution is 2.44. The summed E-state index contributed by atoms with van der Waals surface area (Å²) in [4.78, 5) is 18.0. The number of phenolic OH excluding ortho intramolecular Hbond substituents is 1. The van der Waals surface area contributed by atoms with Crippen molar-refractivity contribution in [1.29, 1.82) is 0 Å². The number of halogens is 3.